The summed E-state index contributed by atoms with van der Waals surface area (Å²) in [6, 6.07) is 24.6. The molecule has 0 aliphatic carbocycles. The zero-order chi connectivity index (χ0) is 24.7. The highest BCUT2D eigenvalue weighted by atomic mass is 32.2. The highest BCUT2D eigenvalue weighted by molar-refractivity contribution is 7.89. The minimum atomic E-state index is -3.62. The normalized spacial score (nSPS) is 14.4. The van der Waals surface area contributed by atoms with E-state index in [2.05, 4.69) is 5.32 Å². The van der Waals surface area contributed by atoms with Crippen LogP contribution >= 0.6 is 0 Å². The molecule has 1 aliphatic rings. The molecule has 0 spiro atoms. The molecule has 0 aromatic heterocycles. The first-order valence-electron chi connectivity index (χ1n) is 11.6. The largest absolute Gasteiger partial charge is 0.455 e. The second-order valence-corrected chi connectivity index (χ2v) is 10.3. The standard InChI is InChI=1S/C27H28N2O5S/c30-25(28-23-15-10-16-24(19-23)35(32,33)29-17-8-3-9-18-29)20-34-27(31)26(21-11-4-1-5-12-21)22-13-6-2-7-14-22/h1-2,4-7,10-16,19,26H,3,8-9,17-18,20H2,(H,28,30). The Morgan fingerprint density at radius 1 is 0.829 bits per heavy atom. The number of nitrogens with zero attached hydrogens (tertiary/aromatic N) is 1. The van der Waals surface area contributed by atoms with Gasteiger partial charge in [0.15, 0.2) is 6.61 Å². The van der Waals surface area contributed by atoms with Gasteiger partial charge in [-0.1, -0.05) is 73.2 Å². The van der Waals surface area contributed by atoms with E-state index >= 15 is 0 Å². The fourth-order valence-electron chi connectivity index (χ4n) is 4.16. The Morgan fingerprint density at radius 2 is 1.43 bits per heavy atom. The van der Waals surface area contributed by atoms with Crippen molar-refractivity contribution < 1.29 is 22.7 Å². The molecule has 0 radical (unpaired) electrons. The number of hydrogen-bond acceptors (Lipinski definition) is 5. The summed E-state index contributed by atoms with van der Waals surface area (Å²) < 4.78 is 32.7. The van der Waals surface area contributed by atoms with Gasteiger partial charge in [-0.15, -0.1) is 0 Å². The maximum absolute atomic E-state index is 13.0. The topological polar surface area (TPSA) is 92.8 Å². The van der Waals surface area contributed by atoms with E-state index in [1.165, 1.54) is 16.4 Å². The summed E-state index contributed by atoms with van der Waals surface area (Å²) in [5, 5.41) is 2.63. The third kappa shape index (κ3) is 6.15. The third-order valence-corrected chi connectivity index (χ3v) is 7.81. The Balaban J connectivity index is 1.41. The van der Waals surface area contributed by atoms with E-state index in [4.69, 9.17) is 4.74 Å². The van der Waals surface area contributed by atoms with Crippen LogP contribution in [0.3, 0.4) is 0 Å². The number of carbonyl (C=O) groups excluding carboxylic acids is 2. The molecule has 4 rings (SSSR count). The highest BCUT2D eigenvalue weighted by Gasteiger charge is 2.27. The van der Waals surface area contributed by atoms with Gasteiger partial charge in [0.05, 0.1) is 4.90 Å². The van der Waals surface area contributed by atoms with Crippen molar-refractivity contribution >= 4 is 27.6 Å². The minimum absolute atomic E-state index is 0.127. The predicted molar refractivity (Wildman–Crippen MR) is 133 cm³/mol. The van der Waals surface area contributed by atoms with Gasteiger partial charge in [-0.25, -0.2) is 8.42 Å². The van der Waals surface area contributed by atoms with E-state index in [-0.39, 0.29) is 4.90 Å². The molecule has 3 aromatic carbocycles. The fraction of sp³-hybridized carbons (Fsp3) is 0.259. The van der Waals surface area contributed by atoms with E-state index in [0.29, 0.717) is 18.8 Å². The monoisotopic (exact) mass is 492 g/mol. The van der Waals surface area contributed by atoms with Gasteiger partial charge < -0.3 is 10.1 Å². The Bertz CT molecular complexity index is 1220. The Labute approximate surface area is 205 Å². The van der Waals surface area contributed by atoms with Crippen LogP contribution < -0.4 is 5.32 Å². The molecule has 35 heavy (non-hydrogen) atoms. The van der Waals surface area contributed by atoms with Gasteiger partial charge in [0, 0.05) is 18.8 Å². The van der Waals surface area contributed by atoms with Gasteiger partial charge >= 0.3 is 5.97 Å². The Hall–Kier alpha value is -3.49. The highest BCUT2D eigenvalue weighted by Crippen LogP contribution is 2.26. The lowest BCUT2D eigenvalue weighted by atomic mass is 9.91. The second kappa shape index (κ2) is 11.3. The smallest absolute Gasteiger partial charge is 0.318 e. The second-order valence-electron chi connectivity index (χ2n) is 8.40. The number of piperidine rings is 1. The predicted octanol–water partition coefficient (Wildman–Crippen LogP) is 4.18. The van der Waals surface area contributed by atoms with Crippen molar-refractivity contribution in [3.05, 3.63) is 96.1 Å². The first-order valence-corrected chi connectivity index (χ1v) is 13.1. The summed E-state index contributed by atoms with van der Waals surface area (Å²) in [4.78, 5) is 25.6. The summed E-state index contributed by atoms with van der Waals surface area (Å²) in [6.07, 6.45) is 2.71. The minimum Gasteiger partial charge on any atom is -0.455 e. The van der Waals surface area contributed by atoms with Crippen LogP contribution in [0.25, 0.3) is 0 Å². The van der Waals surface area contributed by atoms with Crippen LogP contribution in [-0.2, 0) is 24.3 Å². The Kier molecular flexibility index (Phi) is 7.94. The molecule has 0 bridgehead atoms. The maximum Gasteiger partial charge on any atom is 0.318 e. The zero-order valence-electron chi connectivity index (χ0n) is 19.3. The van der Waals surface area contributed by atoms with E-state index in [1.54, 1.807) is 12.1 Å². The summed E-state index contributed by atoms with van der Waals surface area (Å²) >= 11 is 0. The summed E-state index contributed by atoms with van der Waals surface area (Å²) in [5.74, 6) is -1.76. The molecule has 8 heteroatoms. The van der Waals surface area contributed by atoms with Crippen LogP contribution in [0.4, 0.5) is 5.69 Å². The van der Waals surface area contributed by atoms with E-state index < -0.39 is 34.4 Å². The van der Waals surface area contributed by atoms with Crippen LogP contribution in [0.1, 0.15) is 36.3 Å². The summed E-state index contributed by atoms with van der Waals surface area (Å²) in [7, 11) is -3.62. The molecular weight excluding hydrogens is 464 g/mol. The number of anilines is 1. The van der Waals surface area contributed by atoms with Crippen LogP contribution in [0, 0.1) is 0 Å². The number of carbonyl (C=O) groups is 2. The molecule has 0 saturated carbocycles. The van der Waals surface area contributed by atoms with Crippen molar-refractivity contribution in [3.8, 4) is 0 Å². The van der Waals surface area contributed by atoms with Gasteiger partial charge in [-0.05, 0) is 42.2 Å². The number of hydrogen-bond donors (Lipinski definition) is 1. The lowest BCUT2D eigenvalue weighted by Crippen LogP contribution is -2.35. The van der Waals surface area contributed by atoms with Crippen molar-refractivity contribution in [1.29, 1.82) is 0 Å². The maximum atomic E-state index is 13.0. The number of sulfonamides is 1. The molecule has 0 atom stereocenters. The van der Waals surface area contributed by atoms with Crippen molar-refractivity contribution in [2.75, 3.05) is 25.0 Å². The van der Waals surface area contributed by atoms with Gasteiger partial charge in [0.25, 0.3) is 5.91 Å². The zero-order valence-corrected chi connectivity index (χ0v) is 20.1. The van der Waals surface area contributed by atoms with Gasteiger partial charge in [-0.2, -0.15) is 4.31 Å². The fourth-order valence-corrected chi connectivity index (χ4v) is 5.72. The molecule has 1 heterocycles. The molecule has 7 nitrogen and oxygen atoms in total. The van der Waals surface area contributed by atoms with Crippen molar-refractivity contribution in [3.63, 3.8) is 0 Å². The Morgan fingerprint density at radius 3 is 2.03 bits per heavy atom. The molecule has 1 N–H and O–H groups in total. The van der Waals surface area contributed by atoms with Gasteiger partial charge in [0.1, 0.15) is 5.92 Å². The van der Waals surface area contributed by atoms with Crippen molar-refractivity contribution in [2.45, 2.75) is 30.1 Å². The molecular formula is C27H28N2O5S. The lowest BCUT2D eigenvalue weighted by Gasteiger charge is -2.26. The number of esters is 1. The molecule has 0 unspecified atom stereocenters. The third-order valence-electron chi connectivity index (χ3n) is 5.92. The first-order chi connectivity index (χ1) is 16.9. The van der Waals surface area contributed by atoms with Crippen LogP contribution in [0.15, 0.2) is 89.8 Å². The van der Waals surface area contributed by atoms with Crippen LogP contribution in [-0.4, -0.2) is 44.3 Å². The number of nitrogens with one attached hydrogen (secondary N) is 1. The molecule has 182 valence electrons. The number of benzene rings is 3. The molecule has 3 aromatic rings. The van der Waals surface area contributed by atoms with Gasteiger partial charge in [-0.3, -0.25) is 9.59 Å². The summed E-state index contributed by atoms with van der Waals surface area (Å²) in [5.41, 5.74) is 1.85. The lowest BCUT2D eigenvalue weighted by molar-refractivity contribution is -0.147. The number of ether oxygens (including phenoxy) is 1. The average Bonchev–Trinajstić information content (AvgIpc) is 2.89. The van der Waals surface area contributed by atoms with Crippen molar-refractivity contribution in [1.82, 2.24) is 4.31 Å². The van der Waals surface area contributed by atoms with Crippen molar-refractivity contribution in [2.24, 2.45) is 0 Å². The molecule has 1 aliphatic heterocycles. The summed E-state index contributed by atoms with van der Waals surface area (Å²) in [6.45, 7) is 0.510. The SMILES string of the molecule is O=C(COC(=O)C(c1ccccc1)c1ccccc1)Nc1cccc(S(=O)(=O)N2CCCCC2)c1. The van der Waals surface area contributed by atoms with Crippen LogP contribution in [0.2, 0.25) is 0 Å². The molecule has 1 saturated heterocycles. The number of amides is 1. The first kappa shape index (κ1) is 24.6. The molecule has 1 amide bonds. The number of rotatable bonds is 8. The average molecular weight is 493 g/mol. The van der Waals surface area contributed by atoms with Crippen LogP contribution in [0.5, 0.6) is 0 Å². The quantitative estimate of drug-likeness (QED) is 0.477. The van der Waals surface area contributed by atoms with E-state index in [1.807, 2.05) is 60.7 Å². The van der Waals surface area contributed by atoms with E-state index in [0.717, 1.165) is 30.4 Å². The van der Waals surface area contributed by atoms with E-state index in [9.17, 15) is 18.0 Å². The molecule has 1 fully saturated rings. The van der Waals surface area contributed by atoms with Gasteiger partial charge in [0.2, 0.25) is 10.0 Å².